The van der Waals surface area contributed by atoms with Gasteiger partial charge in [-0.2, -0.15) is 0 Å². The van der Waals surface area contributed by atoms with Crippen molar-refractivity contribution in [3.05, 3.63) is 77.9 Å². The zero-order chi connectivity index (χ0) is 22.7. The van der Waals surface area contributed by atoms with Gasteiger partial charge in [0.05, 0.1) is 12.2 Å². The van der Waals surface area contributed by atoms with E-state index in [-0.39, 0.29) is 17.7 Å². The van der Waals surface area contributed by atoms with Gasteiger partial charge < -0.3 is 14.4 Å². The van der Waals surface area contributed by atoms with Crippen LogP contribution >= 0.6 is 0 Å². The Morgan fingerprint density at radius 3 is 2.53 bits per heavy atom. The van der Waals surface area contributed by atoms with Crippen LogP contribution in [0.25, 0.3) is 11.1 Å². The molecule has 4 rings (SSSR count). The van der Waals surface area contributed by atoms with E-state index in [1.54, 1.807) is 22.0 Å². The number of hydrogen-bond donors (Lipinski definition) is 0. The molecule has 0 saturated carbocycles. The highest BCUT2D eigenvalue weighted by Crippen LogP contribution is 2.23. The van der Waals surface area contributed by atoms with Gasteiger partial charge in [-0.3, -0.25) is 9.59 Å². The van der Waals surface area contributed by atoms with Crippen molar-refractivity contribution in [3.8, 4) is 11.1 Å². The number of nitrogens with zero attached hydrogens (tertiary/aromatic N) is 4. The Bertz CT molecular complexity index is 1100. The molecule has 6 heteroatoms. The van der Waals surface area contributed by atoms with Crippen LogP contribution in [0.1, 0.15) is 28.5 Å². The molecule has 166 valence electrons. The Morgan fingerprint density at radius 2 is 1.88 bits per heavy atom. The molecule has 1 saturated heterocycles. The fourth-order valence-electron chi connectivity index (χ4n) is 4.32. The van der Waals surface area contributed by atoms with Crippen molar-refractivity contribution in [2.24, 2.45) is 13.0 Å². The number of carbonyl (C=O) groups excluding carboxylic acids is 2. The third-order valence-electron chi connectivity index (χ3n) is 6.12. The first-order valence-electron chi connectivity index (χ1n) is 11.2. The van der Waals surface area contributed by atoms with Crippen molar-refractivity contribution in [2.75, 3.05) is 26.2 Å². The summed E-state index contributed by atoms with van der Waals surface area (Å²) in [5, 5.41) is 0. The summed E-state index contributed by atoms with van der Waals surface area (Å²) in [4.78, 5) is 34.0. The second kappa shape index (κ2) is 9.39. The van der Waals surface area contributed by atoms with E-state index in [4.69, 9.17) is 0 Å². The van der Waals surface area contributed by atoms with E-state index in [1.165, 1.54) is 11.1 Å². The number of rotatable bonds is 5. The quantitative estimate of drug-likeness (QED) is 0.622. The number of aryl methyl sites for hydroxylation is 2. The maximum Gasteiger partial charge on any atom is 0.274 e. The van der Waals surface area contributed by atoms with Gasteiger partial charge in [0.25, 0.3) is 5.91 Å². The van der Waals surface area contributed by atoms with E-state index in [0.717, 1.165) is 11.1 Å². The molecule has 2 heterocycles. The molecule has 6 nitrogen and oxygen atoms in total. The minimum Gasteiger partial charge on any atom is -0.341 e. The fraction of sp³-hybridized carbons (Fsp3) is 0.346. The van der Waals surface area contributed by atoms with Gasteiger partial charge in [0.2, 0.25) is 5.91 Å². The van der Waals surface area contributed by atoms with Gasteiger partial charge in [-0.15, -0.1) is 0 Å². The van der Waals surface area contributed by atoms with Crippen LogP contribution < -0.4 is 0 Å². The Hall–Kier alpha value is -3.41. The second-order valence-corrected chi connectivity index (χ2v) is 8.56. The van der Waals surface area contributed by atoms with Crippen LogP contribution in [-0.4, -0.2) is 57.3 Å². The number of benzene rings is 2. The molecular weight excluding hydrogens is 400 g/mol. The molecule has 1 aliphatic rings. The maximum atomic E-state index is 13.2. The zero-order valence-electron chi connectivity index (χ0n) is 19.0. The maximum absolute atomic E-state index is 13.2. The number of hydrogen-bond acceptors (Lipinski definition) is 3. The molecule has 1 aliphatic heterocycles. The standard InChI is InChI=1S/C26H30N4O2/c1-4-29-12-13-30(26(32)24-17-28(3)18-27-24)16-23(25(29)31)15-20-8-10-21(11-9-20)22-7-5-6-19(2)14-22/h5-11,14,17-18,23H,4,12-13,15-16H2,1-3H3/t23-/m0/s1. The lowest BCUT2D eigenvalue weighted by Crippen LogP contribution is -2.38. The minimum absolute atomic E-state index is 0.115. The van der Waals surface area contributed by atoms with Crippen LogP contribution in [-0.2, 0) is 18.3 Å². The summed E-state index contributed by atoms with van der Waals surface area (Å²) >= 11 is 0. The Labute approximate surface area is 189 Å². The first-order valence-corrected chi connectivity index (χ1v) is 11.2. The summed E-state index contributed by atoms with van der Waals surface area (Å²) < 4.78 is 1.77. The summed E-state index contributed by atoms with van der Waals surface area (Å²) in [6.07, 6.45) is 3.96. The van der Waals surface area contributed by atoms with Gasteiger partial charge >= 0.3 is 0 Å². The van der Waals surface area contributed by atoms with Gasteiger partial charge in [0.15, 0.2) is 0 Å². The molecule has 2 amide bonds. The highest BCUT2D eigenvalue weighted by atomic mass is 16.2. The van der Waals surface area contributed by atoms with Gasteiger partial charge in [-0.25, -0.2) is 4.98 Å². The number of likely N-dealkylation sites (N-methyl/N-ethyl adjacent to an activating group) is 1. The van der Waals surface area contributed by atoms with Crippen LogP contribution in [0, 0.1) is 12.8 Å². The highest BCUT2D eigenvalue weighted by molar-refractivity contribution is 5.93. The molecule has 3 aromatic rings. The molecule has 0 spiro atoms. The predicted molar refractivity (Wildman–Crippen MR) is 125 cm³/mol. The molecular formula is C26H30N4O2. The Balaban J connectivity index is 1.53. The SMILES string of the molecule is CCN1CCN(C(=O)c2cn(C)cn2)C[C@H](Cc2ccc(-c3cccc(C)c3)cc2)C1=O. The van der Waals surface area contributed by atoms with E-state index in [1.807, 2.05) is 18.9 Å². The largest absolute Gasteiger partial charge is 0.341 e. The number of carbonyl (C=O) groups is 2. The van der Waals surface area contributed by atoms with Crippen molar-refractivity contribution in [2.45, 2.75) is 20.3 Å². The molecule has 0 aliphatic carbocycles. The van der Waals surface area contributed by atoms with Crippen LogP contribution in [0.3, 0.4) is 0 Å². The van der Waals surface area contributed by atoms with Gasteiger partial charge in [-0.1, -0.05) is 54.1 Å². The molecule has 32 heavy (non-hydrogen) atoms. The second-order valence-electron chi connectivity index (χ2n) is 8.56. The smallest absolute Gasteiger partial charge is 0.274 e. The summed E-state index contributed by atoms with van der Waals surface area (Å²) in [6, 6.07) is 16.8. The van der Waals surface area contributed by atoms with Gasteiger partial charge in [0, 0.05) is 39.4 Å². The first-order chi connectivity index (χ1) is 15.4. The molecule has 0 unspecified atom stereocenters. The van der Waals surface area contributed by atoms with Gasteiger partial charge in [-0.05, 0) is 37.0 Å². The van der Waals surface area contributed by atoms with E-state index in [9.17, 15) is 9.59 Å². The highest BCUT2D eigenvalue weighted by Gasteiger charge is 2.32. The molecule has 2 aromatic carbocycles. The van der Waals surface area contributed by atoms with E-state index in [0.29, 0.717) is 38.3 Å². The minimum atomic E-state index is -0.269. The lowest BCUT2D eigenvalue weighted by Gasteiger charge is -2.23. The van der Waals surface area contributed by atoms with Crippen LogP contribution in [0.5, 0.6) is 0 Å². The van der Waals surface area contributed by atoms with E-state index < -0.39 is 0 Å². The molecule has 1 atom stereocenters. The zero-order valence-corrected chi connectivity index (χ0v) is 19.0. The summed E-state index contributed by atoms with van der Waals surface area (Å²) in [7, 11) is 1.85. The fourth-order valence-corrected chi connectivity index (χ4v) is 4.32. The normalized spacial score (nSPS) is 16.8. The molecule has 0 N–H and O–H groups in total. The van der Waals surface area contributed by atoms with Crippen LogP contribution in [0.15, 0.2) is 61.1 Å². The van der Waals surface area contributed by atoms with Crippen molar-refractivity contribution >= 4 is 11.8 Å². The average Bonchev–Trinajstić information content (AvgIpc) is 3.17. The topological polar surface area (TPSA) is 58.4 Å². The number of amides is 2. The van der Waals surface area contributed by atoms with Crippen LogP contribution in [0.4, 0.5) is 0 Å². The average molecular weight is 431 g/mol. The lowest BCUT2D eigenvalue weighted by molar-refractivity contribution is -0.134. The summed E-state index contributed by atoms with van der Waals surface area (Å²) in [5.41, 5.74) is 5.10. The third-order valence-corrected chi connectivity index (χ3v) is 6.12. The van der Waals surface area contributed by atoms with E-state index >= 15 is 0 Å². The Morgan fingerprint density at radius 1 is 1.09 bits per heavy atom. The lowest BCUT2D eigenvalue weighted by atomic mass is 9.95. The summed E-state index contributed by atoms with van der Waals surface area (Å²) in [5.74, 6) is -0.266. The van der Waals surface area contributed by atoms with Crippen molar-refractivity contribution in [1.82, 2.24) is 19.4 Å². The third kappa shape index (κ3) is 4.74. The van der Waals surface area contributed by atoms with Crippen molar-refractivity contribution < 1.29 is 9.59 Å². The molecule has 1 fully saturated rings. The van der Waals surface area contributed by atoms with E-state index in [2.05, 4.69) is 60.4 Å². The Kier molecular flexibility index (Phi) is 6.40. The molecule has 0 radical (unpaired) electrons. The predicted octanol–water partition coefficient (Wildman–Crippen LogP) is 3.56. The number of aromatic nitrogens is 2. The monoisotopic (exact) mass is 430 g/mol. The van der Waals surface area contributed by atoms with Crippen molar-refractivity contribution in [1.29, 1.82) is 0 Å². The molecule has 1 aromatic heterocycles. The summed E-state index contributed by atoms with van der Waals surface area (Å²) in [6.45, 7) is 6.21. The molecule has 0 bridgehead atoms. The van der Waals surface area contributed by atoms with Gasteiger partial charge in [0.1, 0.15) is 5.69 Å². The van der Waals surface area contributed by atoms with Crippen molar-refractivity contribution in [3.63, 3.8) is 0 Å². The first kappa shape index (κ1) is 21.8. The van der Waals surface area contributed by atoms with Crippen LogP contribution in [0.2, 0.25) is 0 Å². The number of imidazole rings is 1.